The van der Waals surface area contributed by atoms with Crippen LogP contribution in [0.5, 0.6) is 0 Å². The Labute approximate surface area is 207 Å². The maximum absolute atomic E-state index is 13.9. The van der Waals surface area contributed by atoms with Crippen molar-refractivity contribution >= 4 is 28.5 Å². The normalized spacial score (nSPS) is 19.6. The number of nitrogens with two attached hydrogens (primary N) is 1. The van der Waals surface area contributed by atoms with Crippen LogP contribution in [0.15, 0.2) is 53.0 Å². The quantitative estimate of drug-likeness (QED) is 0.385. The first-order valence-electron chi connectivity index (χ1n) is 11.6. The van der Waals surface area contributed by atoms with Gasteiger partial charge in [-0.25, -0.2) is 4.39 Å². The number of halogens is 1. The van der Waals surface area contributed by atoms with Crippen LogP contribution in [0.3, 0.4) is 0 Å². The van der Waals surface area contributed by atoms with E-state index in [1.54, 1.807) is 11.3 Å². The van der Waals surface area contributed by atoms with E-state index >= 15 is 0 Å². The standard InChI is InChI=1S/C26H27FN4O3S/c1-4-5-6-16-8-10-22(35-16)23-17(14-28)25(29)30(18-9-7-15(27)11-19(18)31(33)34)20-12-26(2,3)13-21(32)24(20)23/h7-11,23H,4-6,12-13,29H2,1-3H3. The Morgan fingerprint density at radius 3 is 2.71 bits per heavy atom. The lowest BCUT2D eigenvalue weighted by molar-refractivity contribution is -0.384. The number of nitro benzene ring substituents is 1. The van der Waals surface area contributed by atoms with E-state index in [0.29, 0.717) is 17.7 Å². The number of carbonyl (C=O) groups excluding carboxylic acids is 1. The number of aryl methyl sites for hydroxylation is 1. The Kier molecular flexibility index (Phi) is 6.52. The molecule has 0 spiro atoms. The Hall–Kier alpha value is -3.51. The number of hydrogen-bond acceptors (Lipinski definition) is 7. The summed E-state index contributed by atoms with van der Waals surface area (Å²) in [5.41, 5.74) is 6.83. The molecule has 182 valence electrons. The Morgan fingerprint density at radius 2 is 2.06 bits per heavy atom. The zero-order valence-electron chi connectivity index (χ0n) is 19.9. The number of anilines is 1. The van der Waals surface area contributed by atoms with Gasteiger partial charge in [0.25, 0.3) is 5.69 Å². The van der Waals surface area contributed by atoms with Crippen LogP contribution in [0.1, 0.15) is 62.1 Å². The van der Waals surface area contributed by atoms with Crippen molar-refractivity contribution in [3.8, 4) is 6.07 Å². The molecule has 35 heavy (non-hydrogen) atoms. The average Bonchev–Trinajstić information content (AvgIpc) is 3.25. The van der Waals surface area contributed by atoms with Crippen LogP contribution in [-0.2, 0) is 11.2 Å². The van der Waals surface area contributed by atoms with Gasteiger partial charge in [-0.2, -0.15) is 5.26 Å². The lowest BCUT2D eigenvalue weighted by Gasteiger charge is -2.43. The summed E-state index contributed by atoms with van der Waals surface area (Å²) < 4.78 is 13.9. The number of benzene rings is 1. The minimum Gasteiger partial charge on any atom is -0.384 e. The molecule has 1 aromatic carbocycles. The van der Waals surface area contributed by atoms with E-state index in [9.17, 15) is 24.6 Å². The first kappa shape index (κ1) is 24.6. The number of rotatable bonds is 6. The predicted octanol–water partition coefficient (Wildman–Crippen LogP) is 6.08. The average molecular weight is 495 g/mol. The van der Waals surface area contributed by atoms with Gasteiger partial charge in [0.05, 0.1) is 28.5 Å². The van der Waals surface area contributed by atoms with Crippen LogP contribution in [0.25, 0.3) is 0 Å². The number of nitriles is 1. The molecule has 0 saturated carbocycles. The summed E-state index contributed by atoms with van der Waals surface area (Å²) in [5.74, 6) is -1.47. The number of carbonyl (C=O) groups is 1. The molecule has 0 radical (unpaired) electrons. The van der Waals surface area contributed by atoms with Crippen LogP contribution in [0, 0.1) is 32.7 Å². The van der Waals surface area contributed by atoms with Crippen molar-refractivity contribution in [3.63, 3.8) is 0 Å². The van der Waals surface area contributed by atoms with Gasteiger partial charge in [0.2, 0.25) is 0 Å². The van der Waals surface area contributed by atoms with Gasteiger partial charge in [0.15, 0.2) is 5.78 Å². The van der Waals surface area contributed by atoms with Crippen molar-refractivity contribution < 1.29 is 14.1 Å². The summed E-state index contributed by atoms with van der Waals surface area (Å²) in [4.78, 5) is 28.1. The van der Waals surface area contributed by atoms with Crippen molar-refractivity contribution in [2.24, 2.45) is 11.1 Å². The molecule has 2 aliphatic rings. The van der Waals surface area contributed by atoms with Crippen LogP contribution in [0.2, 0.25) is 0 Å². The van der Waals surface area contributed by atoms with Crippen molar-refractivity contribution in [1.82, 2.24) is 0 Å². The maximum atomic E-state index is 13.9. The smallest absolute Gasteiger partial charge is 0.296 e. The molecule has 1 atom stereocenters. The van der Waals surface area contributed by atoms with Gasteiger partial charge in [-0.15, -0.1) is 11.3 Å². The van der Waals surface area contributed by atoms with Crippen molar-refractivity contribution in [2.75, 3.05) is 4.90 Å². The first-order valence-corrected chi connectivity index (χ1v) is 12.4. The number of unbranched alkanes of at least 4 members (excludes halogenated alkanes) is 1. The maximum Gasteiger partial charge on any atom is 0.296 e. The largest absolute Gasteiger partial charge is 0.384 e. The van der Waals surface area contributed by atoms with Gasteiger partial charge in [-0.05, 0) is 48.9 Å². The lowest BCUT2D eigenvalue weighted by Crippen LogP contribution is -2.42. The summed E-state index contributed by atoms with van der Waals surface area (Å²) in [6.45, 7) is 6.03. The number of Topliss-reactive ketones (excluding diaryl/α,β-unsaturated/α-hetero) is 1. The van der Waals surface area contributed by atoms with Gasteiger partial charge in [-0.1, -0.05) is 27.2 Å². The highest BCUT2D eigenvalue weighted by Gasteiger charge is 2.46. The molecule has 0 bridgehead atoms. The monoisotopic (exact) mass is 494 g/mol. The molecule has 1 aliphatic carbocycles. The molecule has 2 aromatic rings. The molecule has 1 aliphatic heterocycles. The van der Waals surface area contributed by atoms with Gasteiger partial charge in [0, 0.05) is 27.4 Å². The second-order valence-electron chi connectivity index (χ2n) is 9.78. The molecule has 2 N–H and O–H groups in total. The summed E-state index contributed by atoms with van der Waals surface area (Å²) in [7, 11) is 0. The number of nitrogens with zero attached hydrogens (tertiary/aromatic N) is 3. The van der Waals surface area contributed by atoms with Crippen molar-refractivity contribution in [1.29, 1.82) is 5.26 Å². The van der Waals surface area contributed by atoms with E-state index in [2.05, 4.69) is 13.0 Å². The highest BCUT2D eigenvalue weighted by atomic mass is 32.1. The van der Waals surface area contributed by atoms with Gasteiger partial charge in [-0.3, -0.25) is 19.8 Å². The van der Waals surface area contributed by atoms with Crippen LogP contribution in [-0.4, -0.2) is 10.7 Å². The Morgan fingerprint density at radius 1 is 1.31 bits per heavy atom. The number of ketones is 1. The molecule has 7 nitrogen and oxygen atoms in total. The molecule has 1 aromatic heterocycles. The van der Waals surface area contributed by atoms with Crippen LogP contribution >= 0.6 is 11.3 Å². The highest BCUT2D eigenvalue weighted by molar-refractivity contribution is 7.12. The molecule has 9 heteroatoms. The van der Waals surface area contributed by atoms with E-state index in [0.717, 1.165) is 36.3 Å². The third-order valence-corrected chi connectivity index (χ3v) is 7.71. The SMILES string of the molecule is CCCCc1ccc(C2C(C#N)=C(N)N(c3ccc(F)cc3[N+](=O)[O-])C3=C2C(=O)CC(C)(C)C3)s1. The van der Waals surface area contributed by atoms with Gasteiger partial charge >= 0.3 is 0 Å². The molecule has 1 unspecified atom stereocenters. The summed E-state index contributed by atoms with van der Waals surface area (Å²) in [6, 6.07) is 9.37. The Bertz CT molecular complexity index is 1320. The van der Waals surface area contributed by atoms with Gasteiger partial charge < -0.3 is 5.73 Å². The second-order valence-corrected chi connectivity index (χ2v) is 11.0. The van der Waals surface area contributed by atoms with Crippen LogP contribution < -0.4 is 10.6 Å². The van der Waals surface area contributed by atoms with Crippen LogP contribution in [0.4, 0.5) is 15.8 Å². The van der Waals surface area contributed by atoms with E-state index in [1.165, 1.54) is 15.8 Å². The highest BCUT2D eigenvalue weighted by Crippen LogP contribution is 2.52. The predicted molar refractivity (Wildman–Crippen MR) is 133 cm³/mol. The number of thiophene rings is 1. The Balaban J connectivity index is 1.97. The number of hydrogen-bond donors (Lipinski definition) is 1. The molecular formula is C26H27FN4O3S. The summed E-state index contributed by atoms with van der Waals surface area (Å²) in [5, 5.41) is 22.0. The lowest BCUT2D eigenvalue weighted by atomic mass is 9.69. The van der Waals surface area contributed by atoms with Gasteiger partial charge in [0.1, 0.15) is 17.3 Å². The topological polar surface area (TPSA) is 113 Å². The molecular weight excluding hydrogens is 467 g/mol. The van der Waals surface area contributed by atoms with E-state index in [4.69, 9.17) is 5.73 Å². The molecule has 0 fully saturated rings. The molecule has 0 saturated heterocycles. The van der Waals surface area contributed by atoms with E-state index < -0.39 is 27.8 Å². The first-order chi connectivity index (χ1) is 16.6. The molecule has 4 rings (SSSR count). The second kappa shape index (κ2) is 9.27. The van der Waals surface area contributed by atoms with Crippen molar-refractivity contribution in [2.45, 2.75) is 58.8 Å². The number of allylic oxidation sites excluding steroid dienone is 3. The zero-order valence-corrected chi connectivity index (χ0v) is 20.7. The van der Waals surface area contributed by atoms with Crippen molar-refractivity contribution in [3.05, 3.63) is 78.7 Å². The zero-order chi connectivity index (χ0) is 25.5. The molecule has 0 amide bonds. The summed E-state index contributed by atoms with van der Waals surface area (Å²) in [6.07, 6.45) is 3.72. The molecule has 2 heterocycles. The number of nitro groups is 1. The fourth-order valence-corrected chi connectivity index (χ4v) is 6.11. The fraction of sp³-hybridized carbons (Fsp3) is 0.385. The van der Waals surface area contributed by atoms with E-state index in [-0.39, 0.29) is 29.3 Å². The van der Waals surface area contributed by atoms with E-state index in [1.807, 2.05) is 26.0 Å². The minimum atomic E-state index is -0.758. The minimum absolute atomic E-state index is 0.0277. The third-order valence-electron chi connectivity index (χ3n) is 6.50. The fourth-order valence-electron chi connectivity index (χ4n) is 4.94. The third kappa shape index (κ3) is 4.46. The summed E-state index contributed by atoms with van der Waals surface area (Å²) >= 11 is 1.56.